The van der Waals surface area contributed by atoms with Gasteiger partial charge in [0.2, 0.25) is 5.91 Å². The van der Waals surface area contributed by atoms with Crippen molar-refractivity contribution in [2.24, 2.45) is 5.92 Å². The number of hydrogen-bond acceptors (Lipinski definition) is 4. The van der Waals surface area contributed by atoms with Crippen LogP contribution in [0.5, 0.6) is 5.75 Å². The number of methoxy groups -OCH3 is 1. The minimum absolute atomic E-state index is 0.0543. The third-order valence-electron chi connectivity index (χ3n) is 6.14. The molecule has 0 spiro atoms. The lowest BCUT2D eigenvalue weighted by atomic mass is 9.77. The number of nitrogens with zero attached hydrogens (tertiary/aromatic N) is 2. The molecule has 2 saturated heterocycles. The average molecular weight is 342 g/mol. The number of benzene rings is 1. The van der Waals surface area contributed by atoms with Crippen LogP contribution in [-0.4, -0.2) is 42.5 Å². The zero-order chi connectivity index (χ0) is 17.4. The second kappa shape index (κ2) is 6.79. The van der Waals surface area contributed by atoms with Crippen LogP contribution in [0.1, 0.15) is 44.9 Å². The van der Waals surface area contributed by atoms with Crippen molar-refractivity contribution in [3.63, 3.8) is 0 Å². The standard InChI is InChI=1S/C20H26N2O3/c1-25-16-10-8-15(9-11-16)22-19(23)13-18(20(22)24)21-12-4-6-14-5-2-3-7-17(14)21/h8-11,14,17-18H,2-7,12-13H2,1H3/t14-,17+,18-/m1/s1. The molecule has 0 unspecified atom stereocenters. The maximum absolute atomic E-state index is 13.1. The van der Waals surface area contributed by atoms with E-state index in [-0.39, 0.29) is 17.9 Å². The molecule has 0 aromatic heterocycles. The van der Waals surface area contributed by atoms with Gasteiger partial charge in [-0.25, -0.2) is 4.90 Å². The van der Waals surface area contributed by atoms with E-state index >= 15 is 0 Å². The molecule has 0 N–H and O–H groups in total. The number of fused-ring (bicyclic) bond motifs is 1. The van der Waals surface area contributed by atoms with Gasteiger partial charge in [0.15, 0.2) is 0 Å². The van der Waals surface area contributed by atoms with E-state index in [1.54, 1.807) is 31.4 Å². The van der Waals surface area contributed by atoms with Crippen LogP contribution in [0.3, 0.4) is 0 Å². The predicted molar refractivity (Wildman–Crippen MR) is 95.6 cm³/mol. The highest BCUT2D eigenvalue weighted by Crippen LogP contribution is 2.38. The number of piperidine rings is 1. The minimum atomic E-state index is -0.277. The normalized spacial score (nSPS) is 30.4. The third-order valence-corrected chi connectivity index (χ3v) is 6.14. The van der Waals surface area contributed by atoms with E-state index in [4.69, 9.17) is 4.74 Å². The molecule has 0 radical (unpaired) electrons. The number of ether oxygens (including phenoxy) is 1. The number of anilines is 1. The van der Waals surface area contributed by atoms with Crippen LogP contribution in [0.25, 0.3) is 0 Å². The molecule has 2 amide bonds. The number of likely N-dealkylation sites (tertiary alicyclic amines) is 1. The number of amides is 2. The lowest BCUT2D eigenvalue weighted by molar-refractivity contribution is -0.124. The summed E-state index contributed by atoms with van der Waals surface area (Å²) in [6, 6.07) is 7.37. The number of imide groups is 1. The van der Waals surface area contributed by atoms with Crippen molar-refractivity contribution < 1.29 is 14.3 Å². The summed E-state index contributed by atoms with van der Waals surface area (Å²) in [5.74, 6) is 1.29. The van der Waals surface area contributed by atoms with Gasteiger partial charge in [-0.1, -0.05) is 12.8 Å². The van der Waals surface area contributed by atoms with E-state index in [0.29, 0.717) is 24.1 Å². The minimum Gasteiger partial charge on any atom is -0.497 e. The van der Waals surface area contributed by atoms with Crippen LogP contribution >= 0.6 is 0 Å². The van der Waals surface area contributed by atoms with Gasteiger partial charge < -0.3 is 4.74 Å². The van der Waals surface area contributed by atoms with Gasteiger partial charge >= 0.3 is 0 Å². The van der Waals surface area contributed by atoms with Gasteiger partial charge in [0, 0.05) is 6.04 Å². The molecule has 3 aliphatic rings. The molecular weight excluding hydrogens is 316 g/mol. The summed E-state index contributed by atoms with van der Waals surface area (Å²) >= 11 is 0. The molecule has 25 heavy (non-hydrogen) atoms. The van der Waals surface area contributed by atoms with E-state index < -0.39 is 0 Å². The maximum atomic E-state index is 13.1. The molecule has 4 rings (SSSR count). The van der Waals surface area contributed by atoms with Crippen LogP contribution in [-0.2, 0) is 9.59 Å². The monoisotopic (exact) mass is 342 g/mol. The van der Waals surface area contributed by atoms with Gasteiger partial charge in [-0.05, 0) is 62.4 Å². The Morgan fingerprint density at radius 2 is 1.72 bits per heavy atom. The van der Waals surface area contributed by atoms with Gasteiger partial charge in [0.25, 0.3) is 5.91 Å². The van der Waals surface area contributed by atoms with Gasteiger partial charge in [0.05, 0.1) is 25.3 Å². The van der Waals surface area contributed by atoms with E-state index in [9.17, 15) is 9.59 Å². The van der Waals surface area contributed by atoms with Crippen LogP contribution < -0.4 is 9.64 Å². The second-order valence-electron chi connectivity index (χ2n) is 7.48. The smallest absolute Gasteiger partial charge is 0.251 e. The van der Waals surface area contributed by atoms with Crippen LogP contribution in [0, 0.1) is 5.92 Å². The number of carbonyl (C=O) groups excluding carboxylic acids is 2. The zero-order valence-corrected chi connectivity index (χ0v) is 14.8. The van der Waals surface area contributed by atoms with Gasteiger partial charge in [-0.15, -0.1) is 0 Å². The molecular formula is C20H26N2O3. The Labute approximate surface area is 148 Å². The summed E-state index contributed by atoms with van der Waals surface area (Å²) in [4.78, 5) is 29.4. The molecule has 5 heteroatoms. The largest absolute Gasteiger partial charge is 0.497 e. The van der Waals surface area contributed by atoms with Crippen molar-refractivity contribution in [3.8, 4) is 5.75 Å². The topological polar surface area (TPSA) is 49.9 Å². The lowest BCUT2D eigenvalue weighted by Crippen LogP contribution is -2.54. The first kappa shape index (κ1) is 16.6. The van der Waals surface area contributed by atoms with Crippen molar-refractivity contribution >= 4 is 17.5 Å². The molecule has 3 atom stereocenters. The lowest BCUT2D eigenvalue weighted by Gasteiger charge is -2.46. The van der Waals surface area contributed by atoms with Crippen molar-refractivity contribution in [1.29, 1.82) is 0 Å². The molecule has 134 valence electrons. The van der Waals surface area contributed by atoms with Crippen molar-refractivity contribution in [2.75, 3.05) is 18.6 Å². The second-order valence-corrected chi connectivity index (χ2v) is 7.48. The Bertz CT molecular complexity index is 655. The Morgan fingerprint density at radius 1 is 1.00 bits per heavy atom. The SMILES string of the molecule is COc1ccc(N2C(=O)C[C@@H](N3CCC[C@H]4CCCC[C@@H]43)C2=O)cc1. The number of rotatable bonds is 3. The summed E-state index contributed by atoms with van der Waals surface area (Å²) in [7, 11) is 1.61. The van der Waals surface area contributed by atoms with Gasteiger partial charge in [-0.2, -0.15) is 0 Å². The molecule has 2 heterocycles. The van der Waals surface area contributed by atoms with Crippen molar-refractivity contribution in [3.05, 3.63) is 24.3 Å². The van der Waals surface area contributed by atoms with Gasteiger partial charge in [-0.3, -0.25) is 14.5 Å². The Balaban J connectivity index is 1.55. The number of carbonyl (C=O) groups is 2. The summed E-state index contributed by atoms with van der Waals surface area (Å²) < 4.78 is 5.16. The molecule has 1 aliphatic carbocycles. The predicted octanol–water partition coefficient (Wildman–Crippen LogP) is 2.98. The van der Waals surface area contributed by atoms with Crippen LogP contribution in [0.2, 0.25) is 0 Å². The average Bonchev–Trinajstić information content (AvgIpc) is 2.95. The van der Waals surface area contributed by atoms with Crippen molar-refractivity contribution in [2.45, 2.75) is 57.0 Å². The quantitative estimate of drug-likeness (QED) is 0.793. The highest BCUT2D eigenvalue weighted by atomic mass is 16.5. The highest BCUT2D eigenvalue weighted by Gasteiger charge is 2.47. The fourth-order valence-corrected chi connectivity index (χ4v) is 4.93. The van der Waals surface area contributed by atoms with E-state index in [0.717, 1.165) is 18.7 Å². The first-order chi connectivity index (χ1) is 12.2. The Morgan fingerprint density at radius 3 is 2.48 bits per heavy atom. The van der Waals surface area contributed by atoms with E-state index in [2.05, 4.69) is 4.90 Å². The van der Waals surface area contributed by atoms with Crippen LogP contribution in [0.4, 0.5) is 5.69 Å². The maximum Gasteiger partial charge on any atom is 0.251 e. The Kier molecular flexibility index (Phi) is 4.50. The van der Waals surface area contributed by atoms with Crippen molar-refractivity contribution in [1.82, 2.24) is 4.90 Å². The summed E-state index contributed by atoms with van der Waals surface area (Å²) in [6.07, 6.45) is 7.73. The van der Waals surface area contributed by atoms with Gasteiger partial charge in [0.1, 0.15) is 5.75 Å². The molecule has 1 aromatic rings. The molecule has 3 fully saturated rings. The molecule has 5 nitrogen and oxygen atoms in total. The molecule has 2 aliphatic heterocycles. The fourth-order valence-electron chi connectivity index (χ4n) is 4.93. The summed E-state index contributed by atoms with van der Waals surface area (Å²) in [5.41, 5.74) is 0.649. The first-order valence-corrected chi connectivity index (χ1v) is 9.45. The van der Waals surface area contributed by atoms with E-state index in [1.807, 2.05) is 0 Å². The summed E-state index contributed by atoms with van der Waals surface area (Å²) in [6.45, 7) is 0.946. The highest BCUT2D eigenvalue weighted by molar-refractivity contribution is 6.22. The molecule has 1 saturated carbocycles. The number of hydrogen-bond donors (Lipinski definition) is 0. The van der Waals surface area contributed by atoms with Crippen LogP contribution in [0.15, 0.2) is 24.3 Å². The zero-order valence-electron chi connectivity index (χ0n) is 14.8. The molecule has 0 bridgehead atoms. The third kappa shape index (κ3) is 2.95. The van der Waals surface area contributed by atoms with E-state index in [1.165, 1.54) is 37.0 Å². The molecule has 1 aromatic carbocycles. The fraction of sp³-hybridized carbons (Fsp3) is 0.600. The Hall–Kier alpha value is -1.88. The first-order valence-electron chi connectivity index (χ1n) is 9.45. The summed E-state index contributed by atoms with van der Waals surface area (Å²) in [5, 5.41) is 0.